The number of methoxy groups -OCH3 is 1. The molecule has 6 nitrogen and oxygen atoms in total. The van der Waals surface area contributed by atoms with Gasteiger partial charge in [0, 0.05) is 18.4 Å². The van der Waals surface area contributed by atoms with Crippen LogP contribution in [0.15, 0.2) is 60.7 Å². The molecule has 0 aliphatic carbocycles. The standard InChI is InChI=1S/C24H26N2O4/c1-5-30-24(28)26(3)21-11-9-20(10-12-21)25-23(27)16(2)17-6-7-19-15-22(29-4)13-8-18(19)14-17/h6-16H,5H2,1-4H3,(H,25,27)/t16-/m0/s1. The van der Waals surface area contributed by atoms with E-state index in [0.29, 0.717) is 18.0 Å². The van der Waals surface area contributed by atoms with Crippen LogP contribution in [-0.2, 0) is 9.53 Å². The first-order valence-electron chi connectivity index (χ1n) is 9.82. The van der Waals surface area contributed by atoms with Gasteiger partial charge < -0.3 is 14.8 Å². The van der Waals surface area contributed by atoms with E-state index in [2.05, 4.69) is 5.32 Å². The molecule has 0 saturated carbocycles. The van der Waals surface area contributed by atoms with Crippen molar-refractivity contribution in [2.45, 2.75) is 19.8 Å². The van der Waals surface area contributed by atoms with Gasteiger partial charge in [0.05, 0.1) is 19.6 Å². The van der Waals surface area contributed by atoms with Gasteiger partial charge in [0.15, 0.2) is 0 Å². The van der Waals surface area contributed by atoms with Crippen molar-refractivity contribution in [1.82, 2.24) is 0 Å². The maximum Gasteiger partial charge on any atom is 0.413 e. The second-order valence-corrected chi connectivity index (χ2v) is 6.99. The van der Waals surface area contributed by atoms with Crippen LogP contribution in [0.4, 0.5) is 16.2 Å². The number of benzene rings is 3. The molecule has 0 unspecified atom stereocenters. The van der Waals surface area contributed by atoms with Crippen molar-refractivity contribution in [3.05, 3.63) is 66.2 Å². The lowest BCUT2D eigenvalue weighted by Crippen LogP contribution is -2.27. The molecule has 0 fully saturated rings. The SMILES string of the molecule is CCOC(=O)N(C)c1ccc(NC(=O)[C@@H](C)c2ccc3cc(OC)ccc3c2)cc1. The molecule has 1 N–H and O–H groups in total. The maximum atomic E-state index is 12.7. The zero-order valence-corrected chi connectivity index (χ0v) is 17.6. The van der Waals surface area contributed by atoms with Crippen LogP contribution < -0.4 is 15.0 Å². The molecule has 30 heavy (non-hydrogen) atoms. The lowest BCUT2D eigenvalue weighted by atomic mass is 9.97. The Hall–Kier alpha value is -3.54. The summed E-state index contributed by atoms with van der Waals surface area (Å²) >= 11 is 0. The number of amides is 2. The number of hydrogen-bond acceptors (Lipinski definition) is 4. The smallest absolute Gasteiger partial charge is 0.413 e. The van der Waals surface area contributed by atoms with Crippen molar-refractivity contribution in [2.24, 2.45) is 0 Å². The van der Waals surface area contributed by atoms with Gasteiger partial charge in [-0.1, -0.05) is 24.3 Å². The number of rotatable bonds is 6. The summed E-state index contributed by atoms with van der Waals surface area (Å²) in [5.41, 5.74) is 2.28. The number of hydrogen-bond donors (Lipinski definition) is 1. The van der Waals surface area contributed by atoms with Gasteiger partial charge in [-0.25, -0.2) is 4.79 Å². The molecule has 0 aliphatic heterocycles. The number of carbonyl (C=O) groups is 2. The molecule has 0 radical (unpaired) electrons. The Labute approximate surface area is 176 Å². The number of nitrogens with zero attached hydrogens (tertiary/aromatic N) is 1. The minimum Gasteiger partial charge on any atom is -0.497 e. The molecule has 0 spiro atoms. The molecule has 156 valence electrons. The Kier molecular flexibility index (Phi) is 6.57. The molecule has 0 aromatic heterocycles. The largest absolute Gasteiger partial charge is 0.497 e. The van der Waals surface area contributed by atoms with Crippen LogP contribution in [0.25, 0.3) is 10.8 Å². The van der Waals surface area contributed by atoms with Gasteiger partial charge in [0.1, 0.15) is 5.75 Å². The van der Waals surface area contributed by atoms with Crippen molar-refractivity contribution < 1.29 is 19.1 Å². The highest BCUT2D eigenvalue weighted by molar-refractivity contribution is 5.97. The van der Waals surface area contributed by atoms with E-state index < -0.39 is 6.09 Å². The zero-order chi connectivity index (χ0) is 21.7. The van der Waals surface area contributed by atoms with E-state index in [1.54, 1.807) is 45.3 Å². The molecule has 0 saturated heterocycles. The van der Waals surface area contributed by atoms with Crippen LogP contribution >= 0.6 is 0 Å². The molecule has 1 atom stereocenters. The predicted molar refractivity (Wildman–Crippen MR) is 119 cm³/mol. The average Bonchev–Trinajstić information content (AvgIpc) is 2.77. The van der Waals surface area contributed by atoms with Crippen molar-refractivity contribution in [3.63, 3.8) is 0 Å². The summed E-state index contributed by atoms with van der Waals surface area (Å²) in [4.78, 5) is 26.0. The highest BCUT2D eigenvalue weighted by Crippen LogP contribution is 2.26. The highest BCUT2D eigenvalue weighted by Gasteiger charge is 2.17. The van der Waals surface area contributed by atoms with Crippen molar-refractivity contribution in [1.29, 1.82) is 0 Å². The third-order valence-electron chi connectivity index (χ3n) is 5.03. The van der Waals surface area contributed by atoms with Crippen molar-refractivity contribution >= 4 is 34.1 Å². The number of fused-ring (bicyclic) bond motifs is 1. The van der Waals surface area contributed by atoms with Crippen molar-refractivity contribution in [3.8, 4) is 5.75 Å². The quantitative estimate of drug-likeness (QED) is 0.612. The number of carbonyl (C=O) groups excluding carboxylic acids is 2. The van der Waals surface area contributed by atoms with Gasteiger partial charge in [-0.2, -0.15) is 0 Å². The van der Waals surface area contributed by atoms with Crippen LogP contribution in [0, 0.1) is 0 Å². The normalized spacial score (nSPS) is 11.6. The van der Waals surface area contributed by atoms with E-state index in [-0.39, 0.29) is 11.8 Å². The zero-order valence-electron chi connectivity index (χ0n) is 17.6. The Morgan fingerprint density at radius 1 is 1.00 bits per heavy atom. The monoisotopic (exact) mass is 406 g/mol. The number of nitrogens with one attached hydrogen (secondary N) is 1. The van der Waals surface area contributed by atoms with E-state index in [4.69, 9.17) is 9.47 Å². The van der Waals surface area contributed by atoms with Crippen LogP contribution in [0.5, 0.6) is 5.75 Å². The topological polar surface area (TPSA) is 67.9 Å². The molecule has 0 heterocycles. The van der Waals surface area contributed by atoms with Crippen LogP contribution in [0.3, 0.4) is 0 Å². The summed E-state index contributed by atoms with van der Waals surface area (Å²) < 4.78 is 10.2. The Morgan fingerprint density at radius 3 is 2.33 bits per heavy atom. The number of ether oxygens (including phenoxy) is 2. The van der Waals surface area contributed by atoms with E-state index >= 15 is 0 Å². The second-order valence-electron chi connectivity index (χ2n) is 6.99. The van der Waals surface area contributed by atoms with Gasteiger partial charge in [0.2, 0.25) is 5.91 Å². The molecular weight excluding hydrogens is 380 g/mol. The molecule has 6 heteroatoms. The van der Waals surface area contributed by atoms with E-state index in [9.17, 15) is 9.59 Å². The summed E-state index contributed by atoms with van der Waals surface area (Å²) in [6.45, 7) is 3.96. The fraction of sp³-hybridized carbons (Fsp3) is 0.250. The molecule has 3 rings (SSSR count). The van der Waals surface area contributed by atoms with Gasteiger partial charge in [-0.3, -0.25) is 9.69 Å². The highest BCUT2D eigenvalue weighted by atomic mass is 16.6. The predicted octanol–water partition coefficient (Wildman–Crippen LogP) is 5.18. The average molecular weight is 406 g/mol. The summed E-state index contributed by atoms with van der Waals surface area (Å²) in [5, 5.41) is 5.05. The summed E-state index contributed by atoms with van der Waals surface area (Å²) in [6, 6.07) is 18.9. The van der Waals surface area contributed by atoms with E-state index in [0.717, 1.165) is 22.1 Å². The summed E-state index contributed by atoms with van der Waals surface area (Å²) in [5.74, 6) is 0.380. The lowest BCUT2D eigenvalue weighted by Gasteiger charge is -2.17. The van der Waals surface area contributed by atoms with E-state index in [1.165, 1.54) is 4.90 Å². The van der Waals surface area contributed by atoms with Crippen LogP contribution in [0.1, 0.15) is 25.3 Å². The van der Waals surface area contributed by atoms with Gasteiger partial charge in [-0.15, -0.1) is 0 Å². The first kappa shape index (κ1) is 21.2. The minimum absolute atomic E-state index is 0.102. The fourth-order valence-electron chi connectivity index (χ4n) is 3.13. The molecule has 0 aliphatic rings. The first-order chi connectivity index (χ1) is 14.4. The Morgan fingerprint density at radius 2 is 1.67 bits per heavy atom. The molecule has 3 aromatic rings. The third kappa shape index (κ3) is 4.71. The number of anilines is 2. The first-order valence-corrected chi connectivity index (χ1v) is 9.82. The van der Waals surface area contributed by atoms with Crippen molar-refractivity contribution in [2.75, 3.05) is 31.0 Å². The summed E-state index contributed by atoms with van der Waals surface area (Å²) in [6.07, 6.45) is -0.420. The molecule has 0 bridgehead atoms. The molecule has 2 amide bonds. The lowest BCUT2D eigenvalue weighted by molar-refractivity contribution is -0.117. The Balaban J connectivity index is 1.69. The fourth-order valence-corrected chi connectivity index (χ4v) is 3.13. The minimum atomic E-state index is -0.420. The van der Waals surface area contributed by atoms with Crippen LogP contribution in [-0.4, -0.2) is 32.8 Å². The third-order valence-corrected chi connectivity index (χ3v) is 5.03. The Bertz CT molecular complexity index is 1050. The van der Waals surface area contributed by atoms with E-state index in [1.807, 2.05) is 43.3 Å². The van der Waals surface area contributed by atoms with Gasteiger partial charge >= 0.3 is 6.09 Å². The molecule has 3 aromatic carbocycles. The van der Waals surface area contributed by atoms with Gasteiger partial charge in [0.25, 0.3) is 0 Å². The molecular formula is C24H26N2O4. The van der Waals surface area contributed by atoms with Gasteiger partial charge in [-0.05, 0) is 66.6 Å². The van der Waals surface area contributed by atoms with Crippen LogP contribution in [0.2, 0.25) is 0 Å². The maximum absolute atomic E-state index is 12.7. The second kappa shape index (κ2) is 9.31. The summed E-state index contributed by atoms with van der Waals surface area (Å²) in [7, 11) is 3.28.